The number of benzene rings is 1. The number of hydrazine groups is 1. The van der Waals surface area contributed by atoms with Crippen LogP contribution in [-0.4, -0.2) is 54.6 Å². The van der Waals surface area contributed by atoms with Gasteiger partial charge in [0.05, 0.1) is 18.0 Å². The van der Waals surface area contributed by atoms with E-state index in [-0.39, 0.29) is 24.8 Å². The molecule has 1 aromatic rings. The van der Waals surface area contributed by atoms with Crippen molar-refractivity contribution < 1.29 is 14.4 Å². The molecule has 12 nitrogen and oxygen atoms in total. The van der Waals surface area contributed by atoms with Crippen molar-refractivity contribution in [3.8, 4) is 6.07 Å². The monoisotopic (exact) mass is 561 g/mol. The molecule has 2 aliphatic carbocycles. The molecule has 3 amide bonds. The van der Waals surface area contributed by atoms with Crippen LogP contribution in [0.1, 0.15) is 60.5 Å². The fourth-order valence-corrected chi connectivity index (χ4v) is 5.58. The zero-order valence-corrected chi connectivity index (χ0v) is 23.4. The predicted molar refractivity (Wildman–Crippen MR) is 157 cm³/mol. The van der Waals surface area contributed by atoms with Gasteiger partial charge in [-0.25, -0.2) is 11.4 Å². The first-order chi connectivity index (χ1) is 19.7. The van der Waals surface area contributed by atoms with Gasteiger partial charge in [0.15, 0.2) is 0 Å². The highest BCUT2D eigenvalue weighted by molar-refractivity contribution is 5.99. The molecule has 0 aromatic heterocycles. The molecule has 1 unspecified atom stereocenters. The van der Waals surface area contributed by atoms with Crippen LogP contribution in [0.25, 0.3) is 0 Å². The van der Waals surface area contributed by atoms with Gasteiger partial charge in [0.25, 0.3) is 0 Å². The Morgan fingerprint density at radius 2 is 1.95 bits per heavy atom. The third kappa shape index (κ3) is 7.00. The number of hydrogen-bond acceptors (Lipinski definition) is 8. The molecule has 218 valence electrons. The SMILES string of the molecule is CCCCCN(CC#N)C(=O)CNCCC1(/C(N)=N/NN)C2=C(C=C(C(N)=O)C=CC2)Cc2cc(C(N)=O)ccc21. The first kappa shape index (κ1) is 31.1. The summed E-state index contributed by atoms with van der Waals surface area (Å²) in [4.78, 5) is 38.6. The van der Waals surface area contributed by atoms with E-state index in [1.165, 1.54) is 0 Å². The molecule has 0 aliphatic heterocycles. The number of rotatable bonds is 14. The van der Waals surface area contributed by atoms with Crippen LogP contribution in [0.5, 0.6) is 0 Å². The first-order valence-electron chi connectivity index (χ1n) is 13.7. The van der Waals surface area contributed by atoms with Gasteiger partial charge in [0, 0.05) is 17.7 Å². The highest BCUT2D eigenvalue weighted by Gasteiger charge is 2.45. The summed E-state index contributed by atoms with van der Waals surface area (Å²) in [6, 6.07) is 7.26. The zero-order valence-electron chi connectivity index (χ0n) is 23.4. The van der Waals surface area contributed by atoms with Crippen molar-refractivity contribution in [1.82, 2.24) is 15.8 Å². The number of carbonyl (C=O) groups is 3. The smallest absolute Gasteiger partial charge is 0.248 e. The van der Waals surface area contributed by atoms with Crippen LogP contribution in [0, 0.1) is 11.3 Å². The average Bonchev–Trinajstić information content (AvgIpc) is 3.17. The summed E-state index contributed by atoms with van der Waals surface area (Å²) in [6.45, 7) is 3.03. The third-order valence-electron chi connectivity index (χ3n) is 7.59. The number of hydrogen-bond donors (Lipinski definition) is 6. The quantitative estimate of drug-likeness (QED) is 0.0468. The number of carbonyl (C=O) groups excluding carboxylic acids is 3. The number of unbranched alkanes of at least 4 members (excludes halogenated alkanes) is 2. The van der Waals surface area contributed by atoms with Gasteiger partial charge >= 0.3 is 0 Å². The summed E-state index contributed by atoms with van der Waals surface area (Å²) < 4.78 is 0. The van der Waals surface area contributed by atoms with E-state index in [0.29, 0.717) is 43.5 Å². The molecule has 1 atom stereocenters. The molecule has 1 aromatic carbocycles. The van der Waals surface area contributed by atoms with E-state index in [4.69, 9.17) is 23.0 Å². The highest BCUT2D eigenvalue weighted by atomic mass is 16.2. The predicted octanol–water partition coefficient (Wildman–Crippen LogP) is 0.505. The van der Waals surface area contributed by atoms with Crippen LogP contribution in [0.3, 0.4) is 0 Å². The third-order valence-corrected chi connectivity index (χ3v) is 7.59. The van der Waals surface area contributed by atoms with E-state index in [9.17, 15) is 19.6 Å². The maximum atomic E-state index is 12.9. The van der Waals surface area contributed by atoms with Crippen molar-refractivity contribution in [3.05, 3.63) is 69.8 Å². The summed E-state index contributed by atoms with van der Waals surface area (Å²) in [5, 5.41) is 16.6. The summed E-state index contributed by atoms with van der Waals surface area (Å²) in [6.07, 6.45) is 9.35. The lowest BCUT2D eigenvalue weighted by molar-refractivity contribution is -0.129. The van der Waals surface area contributed by atoms with Gasteiger partial charge in [-0.05, 0) is 72.7 Å². The van der Waals surface area contributed by atoms with Gasteiger partial charge in [0.2, 0.25) is 17.7 Å². The maximum Gasteiger partial charge on any atom is 0.248 e. The minimum atomic E-state index is -0.997. The second-order valence-corrected chi connectivity index (χ2v) is 10.1. The van der Waals surface area contributed by atoms with Crippen LogP contribution in [0.2, 0.25) is 0 Å². The second-order valence-electron chi connectivity index (χ2n) is 10.1. The highest BCUT2D eigenvalue weighted by Crippen LogP contribution is 2.47. The fraction of sp³-hybridized carbons (Fsp3) is 0.414. The number of nitrogens with one attached hydrogen (secondary N) is 2. The summed E-state index contributed by atoms with van der Waals surface area (Å²) in [5.74, 6) is 4.46. The van der Waals surface area contributed by atoms with E-state index >= 15 is 0 Å². The van der Waals surface area contributed by atoms with Gasteiger partial charge in [-0.15, -0.1) is 0 Å². The molecular weight excluding hydrogens is 522 g/mol. The normalized spacial score (nSPS) is 18.0. The van der Waals surface area contributed by atoms with Crippen molar-refractivity contribution in [2.24, 2.45) is 28.1 Å². The van der Waals surface area contributed by atoms with Crippen molar-refractivity contribution in [3.63, 3.8) is 0 Å². The Bertz CT molecular complexity index is 1340. The molecule has 0 fully saturated rings. The van der Waals surface area contributed by atoms with Crippen molar-refractivity contribution in [2.45, 2.75) is 50.9 Å². The Morgan fingerprint density at radius 3 is 2.61 bits per heavy atom. The van der Waals surface area contributed by atoms with Gasteiger partial charge < -0.3 is 27.4 Å². The lowest BCUT2D eigenvalue weighted by atomic mass is 9.62. The Balaban J connectivity index is 2.01. The van der Waals surface area contributed by atoms with Gasteiger partial charge in [-0.3, -0.25) is 14.4 Å². The first-order valence-corrected chi connectivity index (χ1v) is 13.7. The van der Waals surface area contributed by atoms with Crippen LogP contribution < -0.4 is 33.9 Å². The molecule has 0 radical (unpaired) electrons. The van der Waals surface area contributed by atoms with Gasteiger partial charge in [-0.2, -0.15) is 10.4 Å². The number of nitrogens with two attached hydrogens (primary N) is 4. The maximum absolute atomic E-state index is 12.9. The Labute approximate surface area is 240 Å². The van der Waals surface area contributed by atoms with Gasteiger partial charge in [0.1, 0.15) is 12.4 Å². The number of nitriles is 1. The van der Waals surface area contributed by atoms with E-state index in [1.54, 1.807) is 29.2 Å². The van der Waals surface area contributed by atoms with Gasteiger partial charge in [-0.1, -0.05) is 38.0 Å². The Kier molecular flexibility index (Phi) is 10.8. The Hall–Kier alpha value is -4.47. The van der Waals surface area contributed by atoms with Crippen molar-refractivity contribution in [2.75, 3.05) is 26.2 Å². The van der Waals surface area contributed by atoms with Crippen LogP contribution in [-0.2, 0) is 21.4 Å². The number of nitrogens with zero attached hydrogens (tertiary/aromatic N) is 3. The molecule has 2 aliphatic rings. The molecule has 10 N–H and O–H groups in total. The van der Waals surface area contributed by atoms with E-state index in [2.05, 4.69) is 28.9 Å². The zero-order chi connectivity index (χ0) is 30.0. The molecule has 0 saturated heterocycles. The number of hydrazone groups is 1. The van der Waals surface area contributed by atoms with Crippen LogP contribution >= 0.6 is 0 Å². The molecule has 41 heavy (non-hydrogen) atoms. The summed E-state index contributed by atoms with van der Waals surface area (Å²) in [5.41, 5.74) is 23.2. The number of fused-ring (bicyclic) bond motifs is 1. The molecular formula is C29H39N9O3. The minimum Gasteiger partial charge on any atom is -0.385 e. The van der Waals surface area contributed by atoms with Crippen LogP contribution in [0.4, 0.5) is 0 Å². The minimum absolute atomic E-state index is 0.0304. The molecule has 3 rings (SSSR count). The topological polar surface area (TPSA) is 219 Å². The molecule has 0 bridgehead atoms. The van der Waals surface area contributed by atoms with E-state index < -0.39 is 17.2 Å². The number of primary amides is 2. The molecule has 0 heterocycles. The lowest BCUT2D eigenvalue weighted by Gasteiger charge is -2.42. The largest absolute Gasteiger partial charge is 0.385 e. The van der Waals surface area contributed by atoms with Crippen LogP contribution in [0.15, 0.2) is 58.2 Å². The number of allylic oxidation sites excluding steroid dienone is 3. The lowest BCUT2D eigenvalue weighted by Crippen LogP contribution is -2.49. The Morgan fingerprint density at radius 1 is 1.17 bits per heavy atom. The number of amides is 3. The standard InChI is InChI=1S/C29H39N9O3/c1-2-3-4-13-38(14-11-30)25(39)18-35-12-10-29(28(33)36-37-34)23-7-5-6-19(26(31)40)15-21(23)17-22-16-20(27(32)41)8-9-24(22)29/h5-6,8-9,15-16,35,37H,2-4,7,10,12-14,17-18,34H2,1H3,(H2,31,40)(H2,32,41)(H2,33,36). The molecule has 12 heteroatoms. The average molecular weight is 562 g/mol. The second kappa shape index (κ2) is 14.2. The molecule has 0 saturated carbocycles. The summed E-state index contributed by atoms with van der Waals surface area (Å²) in [7, 11) is 0. The van der Waals surface area contributed by atoms with E-state index in [1.807, 2.05) is 12.1 Å². The van der Waals surface area contributed by atoms with Crippen molar-refractivity contribution >= 4 is 23.6 Å². The summed E-state index contributed by atoms with van der Waals surface area (Å²) >= 11 is 0. The van der Waals surface area contributed by atoms with Crippen molar-refractivity contribution in [1.29, 1.82) is 5.26 Å². The van der Waals surface area contributed by atoms with E-state index in [0.717, 1.165) is 41.5 Å². The molecule has 0 spiro atoms. The fourth-order valence-electron chi connectivity index (χ4n) is 5.58. The number of amidine groups is 1.